The Morgan fingerprint density at radius 3 is 2.72 bits per heavy atom. The van der Waals surface area contributed by atoms with Gasteiger partial charge in [0.05, 0.1) is 6.26 Å². The Kier molecular flexibility index (Phi) is 4.07. The van der Waals surface area contributed by atoms with E-state index < -0.39 is 10.0 Å². The average Bonchev–Trinajstić information content (AvgIpc) is 2.34. The van der Waals surface area contributed by atoms with E-state index >= 15 is 0 Å². The van der Waals surface area contributed by atoms with Gasteiger partial charge in [0.2, 0.25) is 10.0 Å². The van der Waals surface area contributed by atoms with Crippen molar-refractivity contribution in [2.75, 3.05) is 12.8 Å². The maximum atomic E-state index is 11.9. The number of rotatable bonds is 4. The highest BCUT2D eigenvalue weighted by Crippen LogP contribution is 2.34. The lowest BCUT2D eigenvalue weighted by Gasteiger charge is -2.35. The van der Waals surface area contributed by atoms with Crippen LogP contribution in [0.5, 0.6) is 0 Å². The van der Waals surface area contributed by atoms with Gasteiger partial charge in [-0.25, -0.2) is 8.42 Å². The normalized spacial score (nSPS) is 20.7. The summed E-state index contributed by atoms with van der Waals surface area (Å²) in [5.74, 6) is 0. The summed E-state index contributed by atoms with van der Waals surface area (Å²) in [6.45, 7) is 2.75. The summed E-state index contributed by atoms with van der Waals surface area (Å²) in [5, 5.41) is 0. The summed E-state index contributed by atoms with van der Waals surface area (Å²) in [4.78, 5) is 0. The van der Waals surface area contributed by atoms with Crippen LogP contribution in [0.3, 0.4) is 0 Å². The van der Waals surface area contributed by atoms with Crippen molar-refractivity contribution in [3.05, 3.63) is 35.4 Å². The lowest BCUT2D eigenvalue weighted by molar-refractivity contribution is 0.290. The molecule has 0 fully saturated rings. The molecule has 1 aliphatic rings. The first-order valence-corrected chi connectivity index (χ1v) is 8.43. The van der Waals surface area contributed by atoms with Crippen molar-refractivity contribution in [2.45, 2.75) is 38.6 Å². The first-order valence-electron chi connectivity index (χ1n) is 6.58. The Bertz CT molecular complexity index is 510. The predicted molar refractivity (Wildman–Crippen MR) is 74.0 cm³/mol. The van der Waals surface area contributed by atoms with Crippen LogP contribution >= 0.6 is 0 Å². The molecular weight excluding hydrogens is 246 g/mol. The van der Waals surface area contributed by atoms with Gasteiger partial charge in [0.1, 0.15) is 0 Å². The van der Waals surface area contributed by atoms with Gasteiger partial charge in [-0.1, -0.05) is 44.0 Å². The number of benzene rings is 1. The highest BCUT2D eigenvalue weighted by molar-refractivity contribution is 7.88. The van der Waals surface area contributed by atoms with Crippen molar-refractivity contribution >= 4 is 10.0 Å². The fourth-order valence-corrected chi connectivity index (χ4v) is 3.83. The molecule has 2 rings (SSSR count). The molecule has 1 aromatic rings. The third kappa shape index (κ3) is 2.75. The van der Waals surface area contributed by atoms with Crippen molar-refractivity contribution in [1.29, 1.82) is 0 Å². The van der Waals surface area contributed by atoms with E-state index in [0.29, 0.717) is 6.54 Å². The van der Waals surface area contributed by atoms with Crippen molar-refractivity contribution in [3.63, 3.8) is 0 Å². The highest BCUT2D eigenvalue weighted by atomic mass is 32.2. The van der Waals surface area contributed by atoms with Crippen LogP contribution in [0.25, 0.3) is 0 Å². The molecule has 3 nitrogen and oxygen atoms in total. The summed E-state index contributed by atoms with van der Waals surface area (Å²) in [7, 11) is -3.11. The Morgan fingerprint density at radius 1 is 1.33 bits per heavy atom. The zero-order valence-corrected chi connectivity index (χ0v) is 11.9. The monoisotopic (exact) mass is 267 g/mol. The van der Waals surface area contributed by atoms with E-state index in [9.17, 15) is 8.42 Å². The third-order valence-corrected chi connectivity index (χ3v) is 4.91. The fourth-order valence-electron chi connectivity index (χ4n) is 2.72. The molecule has 0 aromatic heterocycles. The topological polar surface area (TPSA) is 37.4 Å². The van der Waals surface area contributed by atoms with Gasteiger partial charge < -0.3 is 0 Å². The van der Waals surface area contributed by atoms with E-state index in [-0.39, 0.29) is 6.04 Å². The molecule has 4 heteroatoms. The van der Waals surface area contributed by atoms with Gasteiger partial charge in [0.25, 0.3) is 0 Å². The van der Waals surface area contributed by atoms with E-state index in [1.54, 1.807) is 4.31 Å². The molecule has 0 radical (unpaired) electrons. The number of sulfonamides is 1. The molecule has 1 atom stereocenters. The second-order valence-corrected chi connectivity index (χ2v) is 6.92. The zero-order chi connectivity index (χ0) is 13.2. The molecule has 0 saturated heterocycles. The van der Waals surface area contributed by atoms with Gasteiger partial charge >= 0.3 is 0 Å². The molecule has 0 saturated carbocycles. The van der Waals surface area contributed by atoms with Crippen LogP contribution < -0.4 is 0 Å². The van der Waals surface area contributed by atoms with E-state index in [0.717, 1.165) is 25.7 Å². The lowest BCUT2D eigenvalue weighted by atomic mass is 9.91. The molecular formula is C14H21NO2S. The molecule has 0 aliphatic carbocycles. The van der Waals surface area contributed by atoms with Gasteiger partial charge in [0, 0.05) is 12.6 Å². The molecule has 0 amide bonds. The molecule has 0 bridgehead atoms. The number of nitrogens with zero attached hydrogens (tertiary/aromatic N) is 1. The van der Waals surface area contributed by atoms with Crippen molar-refractivity contribution < 1.29 is 8.42 Å². The van der Waals surface area contributed by atoms with E-state index in [4.69, 9.17) is 0 Å². The average molecular weight is 267 g/mol. The molecule has 100 valence electrons. The Hall–Kier alpha value is -0.870. The molecule has 1 heterocycles. The van der Waals surface area contributed by atoms with E-state index in [2.05, 4.69) is 19.1 Å². The summed E-state index contributed by atoms with van der Waals surface area (Å²) < 4.78 is 25.5. The molecule has 18 heavy (non-hydrogen) atoms. The predicted octanol–water partition coefficient (Wildman–Crippen LogP) is 2.74. The first kappa shape index (κ1) is 13.6. The summed E-state index contributed by atoms with van der Waals surface area (Å²) in [6.07, 6.45) is 5.22. The number of hydrogen-bond acceptors (Lipinski definition) is 2. The standard InChI is InChI=1S/C14H21NO2S/c1-3-4-9-14-13-8-6-5-7-12(13)10-11-15(14)18(2,16)17/h5-8,14H,3-4,9-11H2,1-2H3. The van der Waals surface area contributed by atoms with E-state index in [1.165, 1.54) is 17.4 Å². The maximum Gasteiger partial charge on any atom is 0.211 e. The summed E-state index contributed by atoms with van der Waals surface area (Å²) in [5.41, 5.74) is 2.50. The van der Waals surface area contributed by atoms with Gasteiger partial charge in [-0.3, -0.25) is 0 Å². The van der Waals surface area contributed by atoms with Crippen LogP contribution in [-0.4, -0.2) is 25.5 Å². The van der Waals surface area contributed by atoms with Gasteiger partial charge in [-0.15, -0.1) is 0 Å². The maximum absolute atomic E-state index is 11.9. The lowest BCUT2D eigenvalue weighted by Crippen LogP contribution is -2.39. The van der Waals surface area contributed by atoms with Crippen molar-refractivity contribution in [2.24, 2.45) is 0 Å². The van der Waals surface area contributed by atoms with Crippen LogP contribution in [0.4, 0.5) is 0 Å². The minimum atomic E-state index is -3.11. The van der Waals surface area contributed by atoms with E-state index in [1.807, 2.05) is 12.1 Å². The highest BCUT2D eigenvalue weighted by Gasteiger charge is 2.32. The minimum Gasteiger partial charge on any atom is -0.212 e. The number of fused-ring (bicyclic) bond motifs is 1. The van der Waals surface area contributed by atoms with Crippen molar-refractivity contribution in [1.82, 2.24) is 4.31 Å². The SMILES string of the molecule is CCCCC1c2ccccc2CCN1S(C)(=O)=O. The summed E-state index contributed by atoms with van der Waals surface area (Å²) in [6, 6.07) is 8.26. The van der Waals surface area contributed by atoms with Crippen LogP contribution in [-0.2, 0) is 16.4 Å². The van der Waals surface area contributed by atoms with Gasteiger partial charge in [-0.2, -0.15) is 4.31 Å². The number of unbranched alkanes of at least 4 members (excludes halogenated alkanes) is 1. The molecule has 1 aromatic carbocycles. The zero-order valence-electron chi connectivity index (χ0n) is 11.1. The largest absolute Gasteiger partial charge is 0.212 e. The van der Waals surface area contributed by atoms with Crippen LogP contribution in [0.2, 0.25) is 0 Å². The Balaban J connectivity index is 2.36. The van der Waals surface area contributed by atoms with Crippen molar-refractivity contribution in [3.8, 4) is 0 Å². The molecule has 0 N–H and O–H groups in total. The molecule has 1 unspecified atom stereocenters. The fraction of sp³-hybridized carbons (Fsp3) is 0.571. The van der Waals surface area contributed by atoms with Gasteiger partial charge in [0.15, 0.2) is 0 Å². The first-order chi connectivity index (χ1) is 8.54. The quantitative estimate of drug-likeness (QED) is 0.841. The van der Waals surface area contributed by atoms with Gasteiger partial charge in [-0.05, 0) is 24.0 Å². The minimum absolute atomic E-state index is 0.0323. The second-order valence-electron chi connectivity index (χ2n) is 4.98. The molecule has 0 spiro atoms. The van der Waals surface area contributed by atoms with Crippen LogP contribution in [0.1, 0.15) is 43.4 Å². The summed E-state index contributed by atoms with van der Waals surface area (Å²) >= 11 is 0. The number of hydrogen-bond donors (Lipinski definition) is 0. The van der Waals surface area contributed by atoms with Crippen LogP contribution in [0.15, 0.2) is 24.3 Å². The second kappa shape index (κ2) is 5.41. The third-order valence-electron chi connectivity index (χ3n) is 3.62. The smallest absolute Gasteiger partial charge is 0.211 e. The van der Waals surface area contributed by atoms with Crippen LogP contribution in [0, 0.1) is 0 Å². The Morgan fingerprint density at radius 2 is 2.06 bits per heavy atom. The molecule has 1 aliphatic heterocycles. The Labute approximate surface area is 110 Å².